The quantitative estimate of drug-likeness (QED) is 0.630. The maximum Gasteiger partial charge on any atom is 0.265 e. The van der Waals surface area contributed by atoms with Crippen molar-refractivity contribution in [2.45, 2.75) is 13.5 Å². The van der Waals surface area contributed by atoms with Gasteiger partial charge in [0.2, 0.25) is 5.91 Å². The van der Waals surface area contributed by atoms with E-state index in [2.05, 4.69) is 10.6 Å². The Kier molecular flexibility index (Phi) is 6.17. The summed E-state index contributed by atoms with van der Waals surface area (Å²) in [5, 5.41) is 5.35. The molecule has 1 heterocycles. The van der Waals surface area contributed by atoms with Crippen LogP contribution < -0.4 is 20.3 Å². The van der Waals surface area contributed by atoms with Gasteiger partial charge in [-0.2, -0.15) is 0 Å². The van der Waals surface area contributed by atoms with Crippen LogP contribution in [-0.2, 0) is 16.1 Å². The van der Waals surface area contributed by atoms with Crippen LogP contribution in [0.5, 0.6) is 5.75 Å². The van der Waals surface area contributed by atoms with Gasteiger partial charge in [0.1, 0.15) is 5.75 Å². The number of anilines is 2. The summed E-state index contributed by atoms with van der Waals surface area (Å²) < 4.78 is 5.55. The summed E-state index contributed by atoms with van der Waals surface area (Å²) in [6.45, 7) is 2.21. The molecule has 32 heavy (non-hydrogen) atoms. The van der Waals surface area contributed by atoms with Gasteiger partial charge in [-0.05, 0) is 42.8 Å². The molecule has 0 aromatic heterocycles. The molecule has 0 spiro atoms. The molecule has 1 aliphatic rings. The summed E-state index contributed by atoms with van der Waals surface area (Å²) >= 11 is 0. The number of ether oxygens (including phenoxy) is 1. The van der Waals surface area contributed by atoms with Crippen LogP contribution in [0.4, 0.5) is 11.4 Å². The predicted octanol–water partition coefficient (Wildman–Crippen LogP) is 3.29. The molecule has 162 valence electrons. The van der Waals surface area contributed by atoms with Crippen molar-refractivity contribution in [1.82, 2.24) is 5.32 Å². The lowest BCUT2D eigenvalue weighted by atomic mass is 10.1. The molecule has 7 heteroatoms. The van der Waals surface area contributed by atoms with Gasteiger partial charge in [-0.3, -0.25) is 14.4 Å². The van der Waals surface area contributed by atoms with Gasteiger partial charge in [0.15, 0.2) is 6.61 Å². The van der Waals surface area contributed by atoms with Gasteiger partial charge in [0.25, 0.3) is 11.8 Å². The van der Waals surface area contributed by atoms with Crippen molar-refractivity contribution in [1.29, 1.82) is 0 Å². The Hall–Kier alpha value is -4.13. The van der Waals surface area contributed by atoms with E-state index in [1.54, 1.807) is 47.4 Å². The third-order valence-electron chi connectivity index (χ3n) is 5.09. The second kappa shape index (κ2) is 9.34. The third-order valence-corrected chi connectivity index (χ3v) is 5.09. The highest BCUT2D eigenvalue weighted by Crippen LogP contribution is 2.35. The first-order valence-electron chi connectivity index (χ1n) is 10.3. The first-order valence-corrected chi connectivity index (χ1v) is 10.3. The lowest BCUT2D eigenvalue weighted by Gasteiger charge is -2.30. The summed E-state index contributed by atoms with van der Waals surface area (Å²) in [6.07, 6.45) is 0. The van der Waals surface area contributed by atoms with Gasteiger partial charge < -0.3 is 20.3 Å². The molecule has 3 aromatic carbocycles. The number of rotatable bonds is 6. The standard InChI is InChI=1S/C25H23N3O4/c1-17-7-9-18(10-8-17)15-28-21-13-20(11-12-22(21)32-16-24(28)30)27-23(29)14-26-25(31)19-5-3-2-4-6-19/h2-13H,14-16H2,1H3,(H,26,31)(H,27,29). The van der Waals surface area contributed by atoms with E-state index in [4.69, 9.17) is 4.74 Å². The van der Waals surface area contributed by atoms with Gasteiger partial charge in [0, 0.05) is 11.3 Å². The van der Waals surface area contributed by atoms with Gasteiger partial charge in [0.05, 0.1) is 18.8 Å². The van der Waals surface area contributed by atoms with Crippen LogP contribution in [0.1, 0.15) is 21.5 Å². The molecule has 2 N–H and O–H groups in total. The Bertz CT molecular complexity index is 1140. The fraction of sp³-hybridized carbons (Fsp3) is 0.160. The summed E-state index contributed by atoms with van der Waals surface area (Å²) in [6, 6.07) is 21.8. The van der Waals surface area contributed by atoms with Crippen LogP contribution in [0.2, 0.25) is 0 Å². The van der Waals surface area contributed by atoms with Crippen LogP contribution >= 0.6 is 0 Å². The van der Waals surface area contributed by atoms with E-state index >= 15 is 0 Å². The van der Waals surface area contributed by atoms with Crippen LogP contribution in [0.25, 0.3) is 0 Å². The van der Waals surface area contributed by atoms with Crippen molar-refractivity contribution >= 4 is 29.1 Å². The number of hydrogen-bond acceptors (Lipinski definition) is 4. The molecule has 0 saturated carbocycles. The molecule has 1 aliphatic heterocycles. The van der Waals surface area contributed by atoms with Crippen molar-refractivity contribution in [2.24, 2.45) is 0 Å². The summed E-state index contributed by atoms with van der Waals surface area (Å²) in [7, 11) is 0. The Balaban J connectivity index is 1.44. The van der Waals surface area contributed by atoms with E-state index in [9.17, 15) is 14.4 Å². The van der Waals surface area contributed by atoms with E-state index in [1.807, 2.05) is 37.3 Å². The second-order valence-electron chi connectivity index (χ2n) is 7.53. The fourth-order valence-corrected chi connectivity index (χ4v) is 3.39. The molecule has 0 saturated heterocycles. The topological polar surface area (TPSA) is 87.7 Å². The van der Waals surface area contributed by atoms with E-state index in [0.29, 0.717) is 29.2 Å². The zero-order valence-corrected chi connectivity index (χ0v) is 17.6. The maximum absolute atomic E-state index is 12.5. The summed E-state index contributed by atoms with van der Waals surface area (Å²) in [5.74, 6) is -0.277. The number of benzene rings is 3. The van der Waals surface area contributed by atoms with E-state index in [-0.39, 0.29) is 30.9 Å². The second-order valence-corrected chi connectivity index (χ2v) is 7.53. The Morgan fingerprint density at radius 3 is 2.50 bits per heavy atom. The number of hydrogen-bond donors (Lipinski definition) is 2. The average Bonchev–Trinajstić information content (AvgIpc) is 2.81. The van der Waals surface area contributed by atoms with Crippen molar-refractivity contribution < 1.29 is 19.1 Å². The summed E-state index contributed by atoms with van der Waals surface area (Å²) in [4.78, 5) is 38.7. The van der Waals surface area contributed by atoms with E-state index < -0.39 is 0 Å². The minimum atomic E-state index is -0.373. The zero-order chi connectivity index (χ0) is 22.5. The SMILES string of the molecule is Cc1ccc(CN2C(=O)COc3ccc(NC(=O)CNC(=O)c4ccccc4)cc32)cc1. The number of carbonyl (C=O) groups excluding carboxylic acids is 3. The van der Waals surface area contributed by atoms with Crippen LogP contribution in [0, 0.1) is 6.92 Å². The zero-order valence-electron chi connectivity index (χ0n) is 17.6. The molecule has 0 unspecified atom stereocenters. The van der Waals surface area contributed by atoms with Crippen molar-refractivity contribution in [3.05, 3.63) is 89.5 Å². The first kappa shape index (κ1) is 21.1. The van der Waals surface area contributed by atoms with Crippen molar-refractivity contribution in [3.63, 3.8) is 0 Å². The Morgan fingerprint density at radius 2 is 1.75 bits per heavy atom. The van der Waals surface area contributed by atoms with Gasteiger partial charge >= 0.3 is 0 Å². The minimum absolute atomic E-state index is 0.0317. The molecule has 0 aliphatic carbocycles. The third kappa shape index (κ3) is 4.95. The highest BCUT2D eigenvalue weighted by atomic mass is 16.5. The number of aryl methyl sites for hydroxylation is 1. The number of nitrogens with zero attached hydrogens (tertiary/aromatic N) is 1. The summed E-state index contributed by atoms with van der Waals surface area (Å²) in [5.41, 5.74) is 3.72. The minimum Gasteiger partial charge on any atom is -0.482 e. The molecular formula is C25H23N3O4. The van der Waals surface area contributed by atoms with E-state index in [0.717, 1.165) is 11.1 Å². The van der Waals surface area contributed by atoms with E-state index in [1.165, 1.54) is 0 Å². The van der Waals surface area contributed by atoms with Crippen LogP contribution in [-0.4, -0.2) is 30.9 Å². The number of fused-ring (bicyclic) bond motifs is 1. The lowest BCUT2D eigenvalue weighted by Crippen LogP contribution is -2.38. The molecule has 0 radical (unpaired) electrons. The van der Waals surface area contributed by atoms with Gasteiger partial charge in [-0.1, -0.05) is 48.0 Å². The highest BCUT2D eigenvalue weighted by Gasteiger charge is 2.26. The van der Waals surface area contributed by atoms with Crippen LogP contribution in [0.3, 0.4) is 0 Å². The molecular weight excluding hydrogens is 406 g/mol. The molecule has 0 bridgehead atoms. The largest absolute Gasteiger partial charge is 0.482 e. The molecule has 7 nitrogen and oxygen atoms in total. The predicted molar refractivity (Wildman–Crippen MR) is 122 cm³/mol. The molecule has 4 rings (SSSR count). The van der Waals surface area contributed by atoms with Crippen molar-refractivity contribution in [2.75, 3.05) is 23.4 Å². The van der Waals surface area contributed by atoms with Crippen molar-refractivity contribution in [3.8, 4) is 5.75 Å². The maximum atomic E-state index is 12.5. The van der Waals surface area contributed by atoms with Crippen LogP contribution in [0.15, 0.2) is 72.8 Å². The molecule has 0 atom stereocenters. The smallest absolute Gasteiger partial charge is 0.265 e. The van der Waals surface area contributed by atoms with Gasteiger partial charge in [-0.25, -0.2) is 0 Å². The lowest BCUT2D eigenvalue weighted by molar-refractivity contribution is -0.121. The normalized spacial score (nSPS) is 12.5. The fourth-order valence-electron chi connectivity index (χ4n) is 3.39. The number of amides is 3. The molecule has 3 aromatic rings. The first-order chi connectivity index (χ1) is 15.5. The molecule has 0 fully saturated rings. The number of nitrogens with one attached hydrogen (secondary N) is 2. The highest BCUT2D eigenvalue weighted by molar-refractivity contribution is 6.01. The molecule has 3 amide bonds. The Morgan fingerprint density at radius 1 is 1.00 bits per heavy atom. The number of carbonyl (C=O) groups is 3. The average molecular weight is 429 g/mol. The monoisotopic (exact) mass is 429 g/mol. The van der Waals surface area contributed by atoms with Gasteiger partial charge in [-0.15, -0.1) is 0 Å². The Labute approximate surface area is 186 Å².